The van der Waals surface area contributed by atoms with E-state index in [1.165, 1.54) is 12.3 Å². The molecular weight excluding hydrogens is 290 g/mol. The Kier molecular flexibility index (Phi) is 3.96. The van der Waals surface area contributed by atoms with E-state index in [1.54, 1.807) is 0 Å². The molecule has 1 heterocycles. The average molecular weight is 300 g/mol. The van der Waals surface area contributed by atoms with Gasteiger partial charge < -0.3 is 5.11 Å². The summed E-state index contributed by atoms with van der Waals surface area (Å²) in [6.07, 6.45) is 2.04. The Morgan fingerprint density at radius 2 is 1.95 bits per heavy atom. The molecule has 0 aliphatic heterocycles. The van der Waals surface area contributed by atoms with Gasteiger partial charge in [0, 0.05) is 6.20 Å². The lowest BCUT2D eigenvalue weighted by Gasteiger charge is -2.10. The molecule has 0 atom stereocenters. The molecule has 1 aromatic carbocycles. The summed E-state index contributed by atoms with van der Waals surface area (Å²) in [6, 6.07) is 4.28. The second-order valence-electron chi connectivity index (χ2n) is 3.88. The third-order valence-corrected chi connectivity index (χ3v) is 3.88. The van der Waals surface area contributed by atoms with Gasteiger partial charge in [-0.1, -0.05) is 6.07 Å². The van der Waals surface area contributed by atoms with Crippen molar-refractivity contribution in [2.24, 2.45) is 0 Å². The highest BCUT2D eigenvalue weighted by Crippen LogP contribution is 2.21. The molecule has 2 N–H and O–H groups in total. The standard InChI is InChI=1S/C12H10F2N2O3S/c13-9-5-8(7-17)1-2-12(9)20(18,19)16-11-3-4-15-6-10(11)14/h1-6,17H,7H2,(H,15,16). The van der Waals surface area contributed by atoms with E-state index in [1.807, 2.05) is 4.72 Å². The molecule has 0 amide bonds. The van der Waals surface area contributed by atoms with Crippen LogP contribution in [0.3, 0.4) is 0 Å². The number of hydrogen-bond donors (Lipinski definition) is 2. The molecule has 0 aliphatic rings. The van der Waals surface area contributed by atoms with Crippen molar-refractivity contribution >= 4 is 15.7 Å². The zero-order valence-corrected chi connectivity index (χ0v) is 10.9. The molecule has 2 rings (SSSR count). The smallest absolute Gasteiger partial charge is 0.264 e. The lowest BCUT2D eigenvalue weighted by molar-refractivity contribution is 0.281. The van der Waals surface area contributed by atoms with E-state index >= 15 is 0 Å². The molecule has 1 aromatic heterocycles. The van der Waals surface area contributed by atoms with E-state index in [0.717, 1.165) is 24.4 Å². The monoisotopic (exact) mass is 300 g/mol. The van der Waals surface area contributed by atoms with Crippen LogP contribution in [0.2, 0.25) is 0 Å². The molecule has 0 fully saturated rings. The van der Waals surface area contributed by atoms with Crippen LogP contribution in [0.1, 0.15) is 5.56 Å². The maximum absolute atomic E-state index is 13.7. The number of aromatic nitrogens is 1. The summed E-state index contributed by atoms with van der Waals surface area (Å²) in [6.45, 7) is -0.413. The second-order valence-corrected chi connectivity index (χ2v) is 5.53. The van der Waals surface area contributed by atoms with Crippen molar-refractivity contribution < 1.29 is 22.3 Å². The number of nitrogens with zero attached hydrogens (tertiary/aromatic N) is 1. The third kappa shape index (κ3) is 2.91. The molecule has 20 heavy (non-hydrogen) atoms. The number of aliphatic hydroxyl groups excluding tert-OH is 1. The van der Waals surface area contributed by atoms with Crippen LogP contribution >= 0.6 is 0 Å². The Morgan fingerprint density at radius 3 is 2.55 bits per heavy atom. The summed E-state index contributed by atoms with van der Waals surface area (Å²) in [5.41, 5.74) is -0.0952. The minimum Gasteiger partial charge on any atom is -0.392 e. The molecule has 8 heteroatoms. The average Bonchev–Trinajstić information content (AvgIpc) is 2.40. The largest absolute Gasteiger partial charge is 0.392 e. The Balaban J connectivity index is 2.39. The van der Waals surface area contributed by atoms with Gasteiger partial charge >= 0.3 is 0 Å². The van der Waals surface area contributed by atoms with E-state index in [9.17, 15) is 17.2 Å². The Hall–Kier alpha value is -2.06. The topological polar surface area (TPSA) is 79.3 Å². The normalized spacial score (nSPS) is 11.3. The van der Waals surface area contributed by atoms with E-state index in [4.69, 9.17) is 5.11 Å². The van der Waals surface area contributed by atoms with Crippen LogP contribution in [0.4, 0.5) is 14.5 Å². The van der Waals surface area contributed by atoms with E-state index in [0.29, 0.717) is 0 Å². The van der Waals surface area contributed by atoms with Gasteiger partial charge in [0.2, 0.25) is 0 Å². The fourth-order valence-corrected chi connectivity index (χ4v) is 2.65. The number of halogens is 2. The van der Waals surface area contributed by atoms with Gasteiger partial charge in [0.05, 0.1) is 18.5 Å². The Bertz CT molecular complexity index is 735. The SMILES string of the molecule is O=S(=O)(Nc1ccncc1F)c1ccc(CO)cc1F. The first-order valence-corrected chi connectivity index (χ1v) is 6.94. The number of hydrogen-bond acceptors (Lipinski definition) is 4. The highest BCUT2D eigenvalue weighted by atomic mass is 32.2. The maximum Gasteiger partial charge on any atom is 0.264 e. The van der Waals surface area contributed by atoms with Crippen LogP contribution in [-0.2, 0) is 16.6 Å². The fourth-order valence-electron chi connectivity index (χ4n) is 1.52. The fraction of sp³-hybridized carbons (Fsp3) is 0.0833. The zero-order valence-electron chi connectivity index (χ0n) is 10.0. The number of nitrogens with one attached hydrogen (secondary N) is 1. The zero-order chi connectivity index (χ0) is 14.8. The number of sulfonamides is 1. The molecule has 0 aliphatic carbocycles. The summed E-state index contributed by atoms with van der Waals surface area (Å²) < 4.78 is 52.9. The minimum atomic E-state index is -4.27. The van der Waals surface area contributed by atoms with Crippen LogP contribution in [0.25, 0.3) is 0 Å². The van der Waals surface area contributed by atoms with E-state index in [2.05, 4.69) is 4.98 Å². The predicted molar refractivity (Wildman–Crippen MR) is 67.3 cm³/mol. The lowest BCUT2D eigenvalue weighted by Crippen LogP contribution is -2.15. The number of anilines is 1. The summed E-state index contributed by atoms with van der Waals surface area (Å²) in [4.78, 5) is 2.84. The second kappa shape index (κ2) is 5.51. The van der Waals surface area contributed by atoms with Gasteiger partial charge in [-0.3, -0.25) is 9.71 Å². The van der Waals surface area contributed by atoms with Crippen LogP contribution < -0.4 is 4.72 Å². The van der Waals surface area contributed by atoms with E-state index in [-0.39, 0.29) is 11.3 Å². The maximum atomic E-state index is 13.7. The number of benzene rings is 1. The molecule has 0 saturated heterocycles. The molecule has 5 nitrogen and oxygen atoms in total. The predicted octanol–water partition coefficient (Wildman–Crippen LogP) is 1.65. The molecule has 0 unspecified atom stereocenters. The van der Waals surface area contributed by atoms with Gasteiger partial charge in [-0.2, -0.15) is 0 Å². The summed E-state index contributed by atoms with van der Waals surface area (Å²) >= 11 is 0. The molecular formula is C12H10F2N2O3S. The minimum absolute atomic E-state index is 0.233. The van der Waals surface area contributed by atoms with Crippen molar-refractivity contribution in [3.63, 3.8) is 0 Å². The first kappa shape index (κ1) is 14.4. The molecule has 0 bridgehead atoms. The molecule has 0 spiro atoms. The highest BCUT2D eigenvalue weighted by Gasteiger charge is 2.20. The molecule has 2 aromatic rings. The van der Waals surface area contributed by atoms with Gasteiger partial charge in [-0.25, -0.2) is 17.2 Å². The highest BCUT2D eigenvalue weighted by molar-refractivity contribution is 7.92. The molecule has 106 valence electrons. The number of pyridine rings is 1. The van der Waals surface area contributed by atoms with Gasteiger partial charge in [0.1, 0.15) is 10.7 Å². The van der Waals surface area contributed by atoms with Gasteiger partial charge in [-0.05, 0) is 23.8 Å². The third-order valence-electron chi connectivity index (χ3n) is 2.49. The molecule has 0 saturated carbocycles. The Labute approximate surface area is 114 Å². The first-order chi connectivity index (χ1) is 9.44. The summed E-state index contributed by atoms with van der Waals surface area (Å²) in [7, 11) is -4.27. The van der Waals surface area contributed by atoms with Crippen molar-refractivity contribution in [1.29, 1.82) is 0 Å². The van der Waals surface area contributed by atoms with E-state index < -0.39 is 33.2 Å². The quantitative estimate of drug-likeness (QED) is 0.900. The van der Waals surface area contributed by atoms with Crippen LogP contribution in [0.15, 0.2) is 41.6 Å². The van der Waals surface area contributed by atoms with Crippen molar-refractivity contribution in [2.45, 2.75) is 11.5 Å². The van der Waals surface area contributed by atoms with Gasteiger partial charge in [-0.15, -0.1) is 0 Å². The number of aliphatic hydroxyl groups is 1. The lowest BCUT2D eigenvalue weighted by atomic mass is 10.2. The van der Waals surface area contributed by atoms with Crippen molar-refractivity contribution in [3.05, 3.63) is 53.9 Å². The van der Waals surface area contributed by atoms with Gasteiger partial charge in [0.15, 0.2) is 5.82 Å². The van der Waals surface area contributed by atoms with Crippen LogP contribution in [0, 0.1) is 11.6 Å². The van der Waals surface area contributed by atoms with Crippen LogP contribution in [0.5, 0.6) is 0 Å². The van der Waals surface area contributed by atoms with Crippen LogP contribution in [-0.4, -0.2) is 18.5 Å². The number of rotatable bonds is 4. The Morgan fingerprint density at radius 1 is 1.20 bits per heavy atom. The van der Waals surface area contributed by atoms with Crippen molar-refractivity contribution in [1.82, 2.24) is 4.98 Å². The van der Waals surface area contributed by atoms with Crippen molar-refractivity contribution in [3.8, 4) is 0 Å². The summed E-state index contributed by atoms with van der Waals surface area (Å²) in [5.74, 6) is -1.90. The van der Waals surface area contributed by atoms with Crippen molar-refractivity contribution in [2.75, 3.05) is 4.72 Å². The van der Waals surface area contributed by atoms with Gasteiger partial charge in [0.25, 0.3) is 10.0 Å². The molecule has 0 radical (unpaired) electrons. The summed E-state index contributed by atoms with van der Waals surface area (Å²) in [5, 5.41) is 8.84. The first-order valence-electron chi connectivity index (χ1n) is 5.45.